The van der Waals surface area contributed by atoms with Crippen LogP contribution in [-0.4, -0.2) is 29.6 Å². The largest absolute Gasteiger partial charge is 0.325 e. The highest BCUT2D eigenvalue weighted by atomic mass is 16.2. The minimum atomic E-state index is 0.0120. The molecule has 1 fully saturated rings. The predicted molar refractivity (Wildman–Crippen MR) is 80.8 cm³/mol. The molecule has 1 amide bonds. The van der Waals surface area contributed by atoms with Crippen molar-refractivity contribution in [2.24, 2.45) is 17.3 Å². The average Bonchev–Trinajstić information content (AvgIpc) is 2.65. The summed E-state index contributed by atoms with van der Waals surface area (Å²) in [5.41, 5.74) is 0.162. The minimum absolute atomic E-state index is 0.0120. The van der Waals surface area contributed by atoms with Crippen molar-refractivity contribution in [2.45, 2.75) is 73.5 Å². The Labute approximate surface area is 119 Å². The molecule has 1 aliphatic rings. The molecule has 1 N–H and O–H groups in total. The fourth-order valence-corrected chi connectivity index (χ4v) is 2.49. The molecule has 3 nitrogen and oxygen atoms in total. The molecular weight excluding hydrogens is 236 g/mol. The van der Waals surface area contributed by atoms with Gasteiger partial charge in [0.25, 0.3) is 0 Å². The number of rotatable bonds is 6. The van der Waals surface area contributed by atoms with E-state index in [4.69, 9.17) is 0 Å². The first kappa shape index (κ1) is 16.5. The van der Waals surface area contributed by atoms with Gasteiger partial charge in [-0.15, -0.1) is 0 Å². The summed E-state index contributed by atoms with van der Waals surface area (Å²) in [6.07, 6.45) is 2.23. The second kappa shape index (κ2) is 6.25. The van der Waals surface area contributed by atoms with E-state index >= 15 is 0 Å². The van der Waals surface area contributed by atoms with Gasteiger partial charge in [-0.05, 0) is 23.7 Å². The second-order valence-electron chi connectivity index (χ2n) is 7.06. The SMILES string of the molecule is CCC(C)C1NC(CC)N(CC(C)(C)C(C)C)C1=O. The maximum Gasteiger partial charge on any atom is 0.241 e. The van der Waals surface area contributed by atoms with E-state index in [1.807, 2.05) is 0 Å². The lowest BCUT2D eigenvalue weighted by atomic mass is 9.80. The summed E-state index contributed by atoms with van der Waals surface area (Å²) in [6.45, 7) is 16.3. The maximum absolute atomic E-state index is 12.6. The van der Waals surface area contributed by atoms with E-state index in [1.54, 1.807) is 0 Å². The van der Waals surface area contributed by atoms with E-state index in [9.17, 15) is 4.79 Å². The van der Waals surface area contributed by atoms with E-state index < -0.39 is 0 Å². The predicted octanol–water partition coefficient (Wildman–Crippen LogP) is 3.25. The zero-order valence-electron chi connectivity index (χ0n) is 13.8. The van der Waals surface area contributed by atoms with E-state index in [-0.39, 0.29) is 17.6 Å². The molecule has 0 bridgehead atoms. The number of hydrogen-bond donors (Lipinski definition) is 1. The molecule has 112 valence electrons. The Balaban J connectivity index is 2.84. The van der Waals surface area contributed by atoms with Crippen LogP contribution >= 0.6 is 0 Å². The molecule has 3 heteroatoms. The Morgan fingerprint density at radius 2 is 1.84 bits per heavy atom. The van der Waals surface area contributed by atoms with Gasteiger partial charge in [0.05, 0.1) is 12.2 Å². The lowest BCUT2D eigenvalue weighted by Gasteiger charge is -2.36. The fourth-order valence-electron chi connectivity index (χ4n) is 2.49. The molecule has 19 heavy (non-hydrogen) atoms. The van der Waals surface area contributed by atoms with Crippen molar-refractivity contribution in [1.82, 2.24) is 10.2 Å². The number of amides is 1. The lowest BCUT2D eigenvalue weighted by molar-refractivity contribution is -0.132. The molecule has 0 aromatic heterocycles. The molecule has 0 spiro atoms. The van der Waals surface area contributed by atoms with Gasteiger partial charge in [-0.25, -0.2) is 0 Å². The Morgan fingerprint density at radius 3 is 2.26 bits per heavy atom. The van der Waals surface area contributed by atoms with Gasteiger partial charge in [-0.1, -0.05) is 54.9 Å². The third-order valence-corrected chi connectivity index (χ3v) is 5.04. The molecule has 1 saturated heterocycles. The summed E-state index contributed by atoms with van der Waals surface area (Å²) in [7, 11) is 0. The van der Waals surface area contributed by atoms with Gasteiger partial charge in [0.15, 0.2) is 0 Å². The van der Waals surface area contributed by atoms with Gasteiger partial charge in [0.1, 0.15) is 0 Å². The van der Waals surface area contributed by atoms with E-state index in [1.165, 1.54) is 0 Å². The topological polar surface area (TPSA) is 32.3 Å². The summed E-state index contributed by atoms with van der Waals surface area (Å²) in [4.78, 5) is 14.7. The Morgan fingerprint density at radius 1 is 1.26 bits per heavy atom. The molecule has 3 unspecified atom stereocenters. The Hall–Kier alpha value is -0.570. The first-order valence-electron chi connectivity index (χ1n) is 7.81. The van der Waals surface area contributed by atoms with E-state index in [2.05, 4.69) is 58.7 Å². The van der Waals surface area contributed by atoms with Crippen LogP contribution in [0.3, 0.4) is 0 Å². The first-order valence-corrected chi connectivity index (χ1v) is 7.81. The van der Waals surface area contributed by atoms with Crippen LogP contribution in [0.15, 0.2) is 0 Å². The molecule has 0 saturated carbocycles. The fraction of sp³-hybridized carbons (Fsp3) is 0.938. The summed E-state index contributed by atoms with van der Waals surface area (Å²) in [5.74, 6) is 1.28. The lowest BCUT2D eigenvalue weighted by Crippen LogP contribution is -2.44. The van der Waals surface area contributed by atoms with Crippen LogP contribution in [0.4, 0.5) is 0 Å². The average molecular weight is 268 g/mol. The second-order valence-corrected chi connectivity index (χ2v) is 7.06. The van der Waals surface area contributed by atoms with Crippen molar-refractivity contribution in [3.8, 4) is 0 Å². The quantitative estimate of drug-likeness (QED) is 0.802. The van der Waals surface area contributed by atoms with Crippen molar-refractivity contribution >= 4 is 5.91 Å². The van der Waals surface area contributed by atoms with Crippen molar-refractivity contribution in [2.75, 3.05) is 6.54 Å². The van der Waals surface area contributed by atoms with Crippen molar-refractivity contribution < 1.29 is 4.79 Å². The summed E-state index contributed by atoms with van der Waals surface area (Å²) in [6, 6.07) is 0.0120. The molecule has 1 rings (SSSR count). The maximum atomic E-state index is 12.6. The number of carbonyl (C=O) groups excluding carboxylic acids is 1. The molecular formula is C16H32N2O. The van der Waals surface area contributed by atoms with E-state index in [0.29, 0.717) is 17.7 Å². The van der Waals surface area contributed by atoms with Crippen LogP contribution in [0.5, 0.6) is 0 Å². The zero-order valence-corrected chi connectivity index (χ0v) is 13.8. The standard InChI is InChI=1S/C16H32N2O/c1-8-12(5)14-15(19)18(13(9-2)17-14)10-16(6,7)11(3)4/h11-14,17H,8-10H2,1-7H3. The van der Waals surface area contributed by atoms with Crippen molar-refractivity contribution in [3.63, 3.8) is 0 Å². The summed E-state index contributed by atoms with van der Waals surface area (Å²) >= 11 is 0. The minimum Gasteiger partial charge on any atom is -0.325 e. The highest BCUT2D eigenvalue weighted by Gasteiger charge is 2.42. The Bertz CT molecular complexity index is 312. The van der Waals surface area contributed by atoms with Gasteiger partial charge in [0.2, 0.25) is 5.91 Å². The van der Waals surface area contributed by atoms with Gasteiger partial charge >= 0.3 is 0 Å². The summed E-state index contributed by atoms with van der Waals surface area (Å²) < 4.78 is 0. The molecule has 1 heterocycles. The molecule has 3 atom stereocenters. The molecule has 0 aromatic rings. The van der Waals surface area contributed by atoms with Crippen molar-refractivity contribution in [3.05, 3.63) is 0 Å². The first-order chi connectivity index (χ1) is 8.74. The number of nitrogens with zero attached hydrogens (tertiary/aromatic N) is 1. The van der Waals surface area contributed by atoms with Crippen molar-refractivity contribution in [1.29, 1.82) is 0 Å². The van der Waals surface area contributed by atoms with Crippen LogP contribution in [0.2, 0.25) is 0 Å². The van der Waals surface area contributed by atoms with E-state index in [0.717, 1.165) is 19.4 Å². The van der Waals surface area contributed by atoms with Gasteiger partial charge < -0.3 is 4.90 Å². The molecule has 0 aromatic carbocycles. The van der Waals surface area contributed by atoms with Gasteiger partial charge in [0, 0.05) is 6.54 Å². The Kier molecular flexibility index (Phi) is 5.43. The molecule has 1 aliphatic heterocycles. The van der Waals surface area contributed by atoms with Crippen LogP contribution in [0, 0.1) is 17.3 Å². The zero-order chi connectivity index (χ0) is 14.8. The van der Waals surface area contributed by atoms with Gasteiger partial charge in [-0.2, -0.15) is 0 Å². The van der Waals surface area contributed by atoms with Crippen LogP contribution in [0.25, 0.3) is 0 Å². The third kappa shape index (κ3) is 3.50. The normalized spacial score (nSPS) is 26.3. The van der Waals surface area contributed by atoms with Crippen LogP contribution in [-0.2, 0) is 4.79 Å². The number of nitrogens with one attached hydrogen (secondary N) is 1. The monoisotopic (exact) mass is 268 g/mol. The smallest absolute Gasteiger partial charge is 0.241 e. The highest BCUT2D eigenvalue weighted by Crippen LogP contribution is 2.31. The third-order valence-electron chi connectivity index (χ3n) is 5.04. The number of hydrogen-bond acceptors (Lipinski definition) is 2. The number of carbonyl (C=O) groups is 1. The van der Waals surface area contributed by atoms with Crippen LogP contribution in [0.1, 0.15) is 61.3 Å². The summed E-state index contributed by atoms with van der Waals surface area (Å²) in [5, 5.41) is 3.53. The molecule has 0 radical (unpaired) electrons. The highest BCUT2D eigenvalue weighted by molar-refractivity contribution is 5.84. The van der Waals surface area contributed by atoms with Crippen LogP contribution < -0.4 is 5.32 Å². The molecule has 0 aliphatic carbocycles. The van der Waals surface area contributed by atoms with Gasteiger partial charge in [-0.3, -0.25) is 10.1 Å².